The molecule has 0 radical (unpaired) electrons. The Morgan fingerprint density at radius 2 is 2.13 bits per heavy atom. The summed E-state index contributed by atoms with van der Waals surface area (Å²) in [6, 6.07) is 10.0. The maximum absolute atomic E-state index is 11.9. The second kappa shape index (κ2) is 6.49. The van der Waals surface area contributed by atoms with E-state index in [4.69, 9.17) is 12.2 Å². The van der Waals surface area contributed by atoms with E-state index in [1.54, 1.807) is 24.0 Å². The van der Waals surface area contributed by atoms with Crippen molar-refractivity contribution in [2.45, 2.75) is 13.5 Å². The van der Waals surface area contributed by atoms with Gasteiger partial charge >= 0.3 is 0 Å². The first-order valence-electron chi connectivity index (χ1n) is 6.92. The molecule has 2 heterocycles. The third-order valence-corrected chi connectivity index (χ3v) is 3.44. The van der Waals surface area contributed by atoms with Gasteiger partial charge in [-0.2, -0.15) is 20.0 Å². The van der Waals surface area contributed by atoms with Gasteiger partial charge in [0.05, 0.1) is 19.0 Å². The van der Waals surface area contributed by atoms with Crippen LogP contribution in [0.4, 0.5) is 0 Å². The van der Waals surface area contributed by atoms with E-state index < -0.39 is 0 Å². The van der Waals surface area contributed by atoms with E-state index in [9.17, 15) is 4.79 Å². The molecule has 0 amide bonds. The van der Waals surface area contributed by atoms with Gasteiger partial charge in [-0.3, -0.25) is 14.6 Å². The number of hydrogen-bond donors (Lipinski definition) is 1. The van der Waals surface area contributed by atoms with Gasteiger partial charge in [0.2, 0.25) is 4.77 Å². The molecular formula is C15H14N6OS. The van der Waals surface area contributed by atoms with Gasteiger partial charge in [-0.15, -0.1) is 0 Å². The van der Waals surface area contributed by atoms with E-state index in [0.29, 0.717) is 12.2 Å². The molecule has 0 atom stereocenters. The van der Waals surface area contributed by atoms with Crippen molar-refractivity contribution < 1.29 is 0 Å². The van der Waals surface area contributed by atoms with Crippen LogP contribution in [0.1, 0.15) is 16.8 Å². The molecule has 0 unspecified atom stereocenters. The number of aryl methyl sites for hydroxylation is 1. The molecule has 7 nitrogen and oxygen atoms in total. The summed E-state index contributed by atoms with van der Waals surface area (Å²) in [6.07, 6.45) is 5.07. The Balaban J connectivity index is 1.81. The maximum Gasteiger partial charge on any atom is 0.296 e. The van der Waals surface area contributed by atoms with E-state index >= 15 is 0 Å². The Labute approximate surface area is 136 Å². The molecule has 0 bridgehead atoms. The minimum atomic E-state index is -0.346. The minimum Gasteiger partial charge on any atom is -0.268 e. The van der Waals surface area contributed by atoms with Crippen LogP contribution in [0.2, 0.25) is 0 Å². The molecule has 0 aliphatic rings. The number of benzene rings is 1. The molecule has 2 aromatic heterocycles. The Kier molecular flexibility index (Phi) is 4.24. The van der Waals surface area contributed by atoms with Crippen molar-refractivity contribution in [3.63, 3.8) is 0 Å². The topological polar surface area (TPSA) is 80.9 Å². The van der Waals surface area contributed by atoms with E-state index in [-0.39, 0.29) is 10.3 Å². The lowest BCUT2D eigenvalue weighted by atomic mass is 10.2. The first-order valence-corrected chi connectivity index (χ1v) is 7.33. The number of rotatable bonds is 4. The second-order valence-corrected chi connectivity index (χ2v) is 5.32. The summed E-state index contributed by atoms with van der Waals surface area (Å²) in [4.78, 5) is 11.9. The molecule has 116 valence electrons. The van der Waals surface area contributed by atoms with Crippen LogP contribution in [0, 0.1) is 11.7 Å². The number of nitrogens with zero attached hydrogens (tertiary/aromatic N) is 5. The minimum absolute atomic E-state index is 0.147. The lowest BCUT2D eigenvalue weighted by Crippen LogP contribution is -2.22. The SMILES string of the molecule is Cc1n[nH]c(=S)n(/N=C\c2cnn(Cc3ccccc3)c2)c1=O. The van der Waals surface area contributed by atoms with Gasteiger partial charge in [0, 0.05) is 11.8 Å². The average Bonchev–Trinajstić information content (AvgIpc) is 2.99. The predicted molar refractivity (Wildman–Crippen MR) is 89.2 cm³/mol. The number of aromatic nitrogens is 5. The average molecular weight is 326 g/mol. The van der Waals surface area contributed by atoms with Crippen LogP contribution in [0.3, 0.4) is 0 Å². The zero-order valence-corrected chi connectivity index (χ0v) is 13.2. The van der Waals surface area contributed by atoms with Gasteiger partial charge in [0.1, 0.15) is 5.69 Å². The van der Waals surface area contributed by atoms with Crippen molar-refractivity contribution >= 4 is 18.4 Å². The van der Waals surface area contributed by atoms with E-state index in [0.717, 1.165) is 15.8 Å². The lowest BCUT2D eigenvalue weighted by Gasteiger charge is -2.00. The molecular weight excluding hydrogens is 312 g/mol. The van der Waals surface area contributed by atoms with Gasteiger partial charge in [0.15, 0.2) is 0 Å². The molecule has 3 rings (SSSR count). The first-order chi connectivity index (χ1) is 11.1. The molecule has 0 saturated heterocycles. The van der Waals surface area contributed by atoms with Crippen molar-refractivity contribution in [3.8, 4) is 0 Å². The molecule has 0 aliphatic heterocycles. The van der Waals surface area contributed by atoms with Crippen molar-refractivity contribution in [1.82, 2.24) is 24.7 Å². The highest BCUT2D eigenvalue weighted by Gasteiger charge is 2.02. The fourth-order valence-electron chi connectivity index (χ4n) is 2.00. The van der Waals surface area contributed by atoms with Crippen molar-refractivity contribution in [1.29, 1.82) is 0 Å². The summed E-state index contributed by atoms with van der Waals surface area (Å²) in [5.41, 5.74) is 1.89. The molecule has 1 N–H and O–H groups in total. The number of aromatic amines is 1. The van der Waals surface area contributed by atoms with Crippen LogP contribution < -0.4 is 5.56 Å². The second-order valence-electron chi connectivity index (χ2n) is 4.93. The van der Waals surface area contributed by atoms with Crippen LogP contribution >= 0.6 is 12.2 Å². The molecule has 0 saturated carbocycles. The Hall–Kier alpha value is -2.87. The summed E-state index contributed by atoms with van der Waals surface area (Å²) < 4.78 is 3.05. The summed E-state index contributed by atoms with van der Waals surface area (Å²) >= 11 is 5.02. The summed E-state index contributed by atoms with van der Waals surface area (Å²) in [5, 5.41) is 14.8. The molecule has 0 fully saturated rings. The summed E-state index contributed by atoms with van der Waals surface area (Å²) in [7, 11) is 0. The Morgan fingerprint density at radius 3 is 2.91 bits per heavy atom. The molecule has 0 spiro atoms. The standard InChI is InChI=1S/C15H14N6OS/c1-11-14(22)21(15(23)19-18-11)17-8-13-7-16-20(10-13)9-12-5-3-2-4-6-12/h2-8,10H,9H2,1H3,(H,19,23)/b17-8-. The zero-order chi connectivity index (χ0) is 16.2. The van der Waals surface area contributed by atoms with Gasteiger partial charge in [-0.25, -0.2) is 0 Å². The Bertz CT molecular complexity index is 954. The highest BCUT2D eigenvalue weighted by Crippen LogP contribution is 2.02. The van der Waals surface area contributed by atoms with Crippen molar-refractivity contribution in [2.24, 2.45) is 5.10 Å². The number of H-pyrrole nitrogens is 1. The normalized spacial score (nSPS) is 11.2. The lowest BCUT2D eigenvalue weighted by molar-refractivity contribution is 0.687. The number of hydrogen-bond acceptors (Lipinski definition) is 5. The summed E-state index contributed by atoms with van der Waals surface area (Å²) in [5.74, 6) is 0. The molecule has 8 heteroatoms. The fraction of sp³-hybridized carbons (Fsp3) is 0.133. The summed E-state index contributed by atoms with van der Waals surface area (Å²) in [6.45, 7) is 2.26. The first kappa shape index (κ1) is 15.0. The van der Waals surface area contributed by atoms with Crippen molar-refractivity contribution in [2.75, 3.05) is 0 Å². The zero-order valence-electron chi connectivity index (χ0n) is 12.4. The van der Waals surface area contributed by atoms with Gasteiger partial charge in [-0.05, 0) is 24.7 Å². The van der Waals surface area contributed by atoms with Gasteiger partial charge in [0.25, 0.3) is 5.56 Å². The molecule has 23 heavy (non-hydrogen) atoms. The predicted octanol–water partition coefficient (Wildman–Crippen LogP) is 1.74. The maximum atomic E-state index is 11.9. The van der Waals surface area contributed by atoms with Crippen molar-refractivity contribution in [3.05, 3.63) is 74.7 Å². The van der Waals surface area contributed by atoms with Crippen LogP contribution in [-0.2, 0) is 6.54 Å². The quantitative estimate of drug-likeness (QED) is 0.585. The third-order valence-electron chi connectivity index (χ3n) is 3.18. The van der Waals surface area contributed by atoms with Crippen LogP contribution in [0.15, 0.2) is 52.6 Å². The molecule has 0 aliphatic carbocycles. The molecule has 1 aromatic carbocycles. The highest BCUT2D eigenvalue weighted by atomic mass is 32.1. The van der Waals surface area contributed by atoms with Crippen LogP contribution in [0.5, 0.6) is 0 Å². The van der Waals surface area contributed by atoms with Gasteiger partial charge < -0.3 is 0 Å². The number of nitrogens with one attached hydrogen (secondary N) is 1. The van der Waals surface area contributed by atoms with Gasteiger partial charge in [-0.1, -0.05) is 30.3 Å². The van der Waals surface area contributed by atoms with Crippen LogP contribution in [0.25, 0.3) is 0 Å². The third kappa shape index (κ3) is 3.49. The monoisotopic (exact) mass is 326 g/mol. The van der Waals surface area contributed by atoms with E-state index in [1.807, 2.05) is 36.5 Å². The largest absolute Gasteiger partial charge is 0.296 e. The smallest absolute Gasteiger partial charge is 0.268 e. The molecule has 3 aromatic rings. The highest BCUT2D eigenvalue weighted by molar-refractivity contribution is 7.71. The van der Waals surface area contributed by atoms with E-state index in [2.05, 4.69) is 20.4 Å². The van der Waals surface area contributed by atoms with Crippen LogP contribution in [-0.4, -0.2) is 30.9 Å². The van der Waals surface area contributed by atoms with E-state index in [1.165, 1.54) is 0 Å². The Morgan fingerprint density at radius 1 is 1.35 bits per heavy atom. The fourth-order valence-corrected chi connectivity index (χ4v) is 2.18.